The Balaban J connectivity index is 4.07. The normalized spacial score (nSPS) is 24.0. The number of hydrogen-bond acceptors (Lipinski definition) is 2. The zero-order chi connectivity index (χ0) is 8.20. The van der Waals surface area contributed by atoms with Crippen LogP contribution in [0.1, 0.15) is 0 Å². The number of hydrogen-bond donors (Lipinski definition) is 1. The van der Waals surface area contributed by atoms with Crippen molar-refractivity contribution in [3.8, 4) is 0 Å². The van der Waals surface area contributed by atoms with Crippen LogP contribution in [-0.4, -0.2) is 34.6 Å². The molecule has 0 aromatic heterocycles. The summed E-state index contributed by atoms with van der Waals surface area (Å²) >= 11 is 4.75. The van der Waals surface area contributed by atoms with E-state index in [1.54, 1.807) is 7.57 Å². The van der Waals surface area contributed by atoms with Crippen LogP contribution in [-0.2, 0) is 11.8 Å². The molecule has 2 atom stereocenters. The maximum atomic E-state index is 9.73. The predicted octanol–water partition coefficient (Wildman–Crippen LogP) is -0.516. The van der Waals surface area contributed by atoms with E-state index in [1.807, 2.05) is 6.55 Å². The topological polar surface area (TPSA) is 20.2 Å². The maximum absolute atomic E-state index is 9.73. The summed E-state index contributed by atoms with van der Waals surface area (Å²) in [6, 6.07) is 0. The first kappa shape index (κ1) is 8.29. The predicted molar refractivity (Wildman–Crippen MR) is 55.4 cm³/mol. The van der Waals surface area contributed by atoms with Gasteiger partial charge in [0.15, 0.2) is 0 Å². The lowest BCUT2D eigenvalue weighted by Crippen LogP contribution is -2.30. The summed E-state index contributed by atoms with van der Waals surface area (Å²) in [4.78, 5) is -0.654. The highest BCUT2D eigenvalue weighted by atomic mass is 32.4. The largest absolute Gasteiger partial charge is 0.390 e. The van der Waals surface area contributed by atoms with Gasteiger partial charge in [0.1, 0.15) is 7.57 Å². The van der Waals surface area contributed by atoms with Crippen LogP contribution < -0.4 is 0 Å². The molecule has 52 valence electrons. The van der Waals surface area contributed by atoms with E-state index in [9.17, 15) is 5.11 Å². The van der Waals surface area contributed by atoms with Gasteiger partial charge in [-0.1, -0.05) is 18.4 Å². The molecule has 9 heavy (non-hydrogen) atoms. The second-order valence-electron chi connectivity index (χ2n) is 1.85. The van der Waals surface area contributed by atoms with E-state index in [4.69, 9.17) is 13.1 Å². The van der Waals surface area contributed by atoms with Gasteiger partial charge < -0.3 is 5.11 Å². The van der Waals surface area contributed by atoms with Gasteiger partial charge in [0, 0.05) is 6.16 Å². The van der Waals surface area contributed by atoms with Crippen molar-refractivity contribution in [2.75, 3.05) is 6.16 Å². The molecule has 0 aliphatic rings. The van der Waals surface area contributed by atoms with Gasteiger partial charge in [-0.05, 0) is 7.36 Å². The van der Waals surface area contributed by atoms with Crippen LogP contribution in [0.25, 0.3) is 0 Å². The van der Waals surface area contributed by atoms with E-state index in [-0.39, 0.29) is 0 Å². The monoisotopic (exact) mass is 197 g/mol. The van der Waals surface area contributed by atoms with Crippen LogP contribution in [0.2, 0.25) is 6.55 Å². The van der Waals surface area contributed by atoms with Crippen LogP contribution >= 0.6 is 15.8 Å². The first-order valence-corrected chi connectivity index (χ1v) is 8.36. The Morgan fingerprint density at radius 2 is 2.78 bits per heavy atom. The van der Waals surface area contributed by atoms with Crippen molar-refractivity contribution in [2.45, 2.75) is 11.5 Å². The fraction of sp³-hybridized carbons (Fsp3) is 1.00. The van der Waals surface area contributed by atoms with Crippen molar-refractivity contribution in [1.29, 1.82) is 1.28 Å². The molecule has 0 saturated heterocycles. The second kappa shape index (κ2) is 4.92. The SMILES string of the molecule is [2H]P(B)C(O)(CP=S)[SiH2]C. The van der Waals surface area contributed by atoms with Crippen molar-refractivity contribution in [3.63, 3.8) is 0 Å². The molecule has 1 N–H and O–H groups in total. The van der Waals surface area contributed by atoms with Gasteiger partial charge in [-0.15, -0.1) is 8.40 Å². The third kappa shape index (κ3) is 3.80. The Hall–Kier alpha value is 1.19. The average Bonchev–Trinajstić information content (AvgIpc) is 1.88. The highest BCUT2D eigenvalue weighted by Gasteiger charge is 2.19. The molecule has 1 nitrogen and oxygen atoms in total. The highest BCUT2D eigenvalue weighted by molar-refractivity contribution is 7.96. The van der Waals surface area contributed by atoms with E-state index in [2.05, 4.69) is 0 Å². The van der Waals surface area contributed by atoms with E-state index < -0.39 is 22.9 Å². The van der Waals surface area contributed by atoms with Crippen LogP contribution in [0.4, 0.5) is 0 Å². The summed E-state index contributed by atoms with van der Waals surface area (Å²) < 4.78 is 7.43. The molecule has 0 aromatic carbocycles. The molecule has 2 unspecified atom stereocenters. The van der Waals surface area contributed by atoms with Gasteiger partial charge in [-0.3, -0.25) is 0 Å². The molecule has 0 saturated carbocycles. The van der Waals surface area contributed by atoms with Gasteiger partial charge in [-0.25, -0.2) is 0 Å². The van der Waals surface area contributed by atoms with Gasteiger partial charge in [-0.2, -0.15) is 0 Å². The molecule has 6 heteroatoms. The van der Waals surface area contributed by atoms with Crippen LogP contribution in [0.5, 0.6) is 0 Å². The zero-order valence-electron chi connectivity index (χ0n) is 6.66. The molecule has 0 aliphatic heterocycles. The van der Waals surface area contributed by atoms with Gasteiger partial charge >= 0.3 is 0 Å². The minimum Gasteiger partial charge on any atom is -0.390 e. The maximum Gasteiger partial charge on any atom is 0.133 e. The fourth-order valence-electron chi connectivity index (χ4n) is 0.444. The minimum absolute atomic E-state index is 0.504. The lowest BCUT2D eigenvalue weighted by Gasteiger charge is -2.22. The lowest BCUT2D eigenvalue weighted by atomic mass is 10.7. The molecule has 0 amide bonds. The zero-order valence-corrected chi connectivity index (χ0v) is 9.68. The lowest BCUT2D eigenvalue weighted by molar-refractivity contribution is 0.242. The van der Waals surface area contributed by atoms with Gasteiger partial charge in [0.25, 0.3) is 0 Å². The summed E-state index contributed by atoms with van der Waals surface area (Å²) in [7, 11) is 1.14. The van der Waals surface area contributed by atoms with E-state index in [1.165, 1.54) is 0 Å². The molecule has 0 spiro atoms. The molecule has 0 aromatic rings. The fourth-order valence-corrected chi connectivity index (χ4v) is 5.34. The van der Waals surface area contributed by atoms with E-state index in [0.29, 0.717) is 6.16 Å². The van der Waals surface area contributed by atoms with Crippen LogP contribution in [0, 0.1) is 0 Å². The molecule has 0 fully saturated rings. The number of rotatable bonds is 4. The Kier molecular flexibility index (Phi) is 4.54. The van der Waals surface area contributed by atoms with Crippen molar-refractivity contribution >= 4 is 44.7 Å². The summed E-state index contributed by atoms with van der Waals surface area (Å²) in [6.45, 7) is 2.04. The standard InChI is InChI=1S/C3H11BOP2SSi/c1-9-3(5,7-4)2-6-8/h5,7H,2,4,9H2,1H3/i7D. The van der Waals surface area contributed by atoms with Crippen molar-refractivity contribution in [1.82, 2.24) is 0 Å². The molecule has 0 rings (SSSR count). The average molecular weight is 197 g/mol. The first-order valence-electron chi connectivity index (χ1n) is 3.25. The Labute approximate surface area is 69.1 Å². The third-order valence-electron chi connectivity index (χ3n) is 1.30. The summed E-state index contributed by atoms with van der Waals surface area (Å²) in [6.07, 6.45) is 0.622. The van der Waals surface area contributed by atoms with E-state index in [0.717, 1.165) is 7.36 Å². The molecule has 0 heterocycles. The minimum atomic E-state index is -0.958. The van der Waals surface area contributed by atoms with Gasteiger partial charge in [0.05, 0.1) is 15.8 Å². The van der Waals surface area contributed by atoms with Gasteiger partial charge in [0.2, 0.25) is 0 Å². The highest BCUT2D eigenvalue weighted by Crippen LogP contribution is 2.26. The Morgan fingerprint density at radius 3 is 2.89 bits per heavy atom. The smallest absolute Gasteiger partial charge is 0.133 e. The molecular weight excluding hydrogens is 185 g/mol. The van der Waals surface area contributed by atoms with Crippen molar-refractivity contribution < 1.29 is 5.11 Å². The second-order valence-corrected chi connectivity index (χ2v) is 6.95. The quantitative estimate of drug-likeness (QED) is 0.483. The summed E-state index contributed by atoms with van der Waals surface area (Å²) in [5.74, 6) is 0. The first-order chi connectivity index (χ1) is 4.56. The van der Waals surface area contributed by atoms with Crippen molar-refractivity contribution in [2.24, 2.45) is 0 Å². The number of aliphatic hydroxyl groups is 1. The van der Waals surface area contributed by atoms with E-state index >= 15 is 0 Å². The molecule has 0 bridgehead atoms. The Bertz CT molecular complexity index is 129. The summed E-state index contributed by atoms with van der Waals surface area (Å²) in [5.41, 5.74) is 0. The van der Waals surface area contributed by atoms with Crippen LogP contribution in [0.3, 0.4) is 0 Å². The van der Waals surface area contributed by atoms with Crippen molar-refractivity contribution in [3.05, 3.63) is 0 Å². The Morgan fingerprint density at radius 1 is 2.22 bits per heavy atom. The molecule has 0 aliphatic carbocycles. The summed E-state index contributed by atoms with van der Waals surface area (Å²) in [5, 5.41) is 9.73. The van der Waals surface area contributed by atoms with Crippen LogP contribution in [0.15, 0.2) is 0 Å². The molecular formula is C3H11BOP2SSi. The third-order valence-corrected chi connectivity index (χ3v) is 7.28. The molecule has 0 radical (unpaired) electrons.